The molecule has 1 fully saturated rings. The van der Waals surface area contributed by atoms with E-state index in [2.05, 4.69) is 23.6 Å². The number of aryl methyl sites for hydroxylation is 1. The zero-order chi connectivity index (χ0) is 22.3. The normalized spacial score (nSPS) is 19.7. The van der Waals surface area contributed by atoms with Crippen LogP contribution in [-0.4, -0.2) is 46.2 Å². The Bertz CT molecular complexity index is 1110. The topological polar surface area (TPSA) is 69.7 Å². The Balaban J connectivity index is 1.39. The molecule has 0 aliphatic carbocycles. The zero-order valence-corrected chi connectivity index (χ0v) is 18.8. The number of imidazole rings is 1. The SMILES string of the molecule is CCC1OC2(CCN(C(=O)c3ccoc3C)CC2)Cn2c(-c3ccc(OC)cc3)cnc21. The lowest BCUT2D eigenvalue weighted by molar-refractivity contribution is -0.152. The third-order valence-corrected chi connectivity index (χ3v) is 6.82. The Labute approximate surface area is 187 Å². The van der Waals surface area contributed by atoms with Gasteiger partial charge in [-0.15, -0.1) is 0 Å². The predicted octanol–water partition coefficient (Wildman–Crippen LogP) is 4.62. The van der Waals surface area contributed by atoms with Gasteiger partial charge in [-0.25, -0.2) is 4.98 Å². The Morgan fingerprint density at radius 1 is 1.22 bits per heavy atom. The first-order chi connectivity index (χ1) is 15.5. The van der Waals surface area contributed by atoms with E-state index in [1.54, 1.807) is 19.4 Å². The summed E-state index contributed by atoms with van der Waals surface area (Å²) in [6.07, 6.45) is 5.93. The molecule has 0 bridgehead atoms. The predicted molar refractivity (Wildman–Crippen MR) is 120 cm³/mol. The van der Waals surface area contributed by atoms with Crippen molar-refractivity contribution in [1.29, 1.82) is 0 Å². The number of methoxy groups -OCH3 is 1. The number of likely N-dealkylation sites (tertiary alicyclic amines) is 1. The Morgan fingerprint density at radius 3 is 2.59 bits per heavy atom. The van der Waals surface area contributed by atoms with Gasteiger partial charge in [-0.1, -0.05) is 6.92 Å². The first kappa shape index (κ1) is 20.8. The van der Waals surface area contributed by atoms with Crippen LogP contribution >= 0.6 is 0 Å². The van der Waals surface area contributed by atoms with Crippen molar-refractivity contribution in [2.75, 3.05) is 20.2 Å². The van der Waals surface area contributed by atoms with Crippen LogP contribution in [-0.2, 0) is 11.3 Å². The van der Waals surface area contributed by atoms with Crippen LogP contribution in [0.25, 0.3) is 11.3 Å². The minimum Gasteiger partial charge on any atom is -0.497 e. The van der Waals surface area contributed by atoms with Crippen molar-refractivity contribution in [3.05, 3.63) is 59.9 Å². The van der Waals surface area contributed by atoms with Gasteiger partial charge in [0.05, 0.1) is 43.0 Å². The molecule has 4 heterocycles. The number of fused-ring (bicyclic) bond motifs is 1. The minimum atomic E-state index is -0.294. The van der Waals surface area contributed by atoms with Crippen molar-refractivity contribution in [3.63, 3.8) is 0 Å². The van der Waals surface area contributed by atoms with Crippen LogP contribution in [0.2, 0.25) is 0 Å². The first-order valence-electron chi connectivity index (χ1n) is 11.2. The summed E-state index contributed by atoms with van der Waals surface area (Å²) < 4.78 is 19.6. The van der Waals surface area contributed by atoms with Crippen LogP contribution in [0.4, 0.5) is 0 Å². The maximum Gasteiger partial charge on any atom is 0.257 e. The van der Waals surface area contributed by atoms with Crippen molar-refractivity contribution >= 4 is 5.91 Å². The van der Waals surface area contributed by atoms with Gasteiger partial charge in [0.15, 0.2) is 0 Å². The van der Waals surface area contributed by atoms with Gasteiger partial charge in [-0.3, -0.25) is 4.79 Å². The second-order valence-corrected chi connectivity index (χ2v) is 8.70. The average Bonchev–Trinajstić information content (AvgIpc) is 3.44. The van der Waals surface area contributed by atoms with Crippen LogP contribution < -0.4 is 4.74 Å². The van der Waals surface area contributed by atoms with Crippen molar-refractivity contribution in [2.24, 2.45) is 0 Å². The lowest BCUT2D eigenvalue weighted by Crippen LogP contribution is -2.52. The molecule has 7 heteroatoms. The highest BCUT2D eigenvalue weighted by atomic mass is 16.5. The molecule has 0 N–H and O–H groups in total. The molecule has 1 aromatic carbocycles. The van der Waals surface area contributed by atoms with E-state index in [4.69, 9.17) is 18.9 Å². The maximum atomic E-state index is 12.9. The summed E-state index contributed by atoms with van der Waals surface area (Å²) in [5.41, 5.74) is 2.56. The van der Waals surface area contributed by atoms with Gasteiger partial charge in [0.2, 0.25) is 0 Å². The van der Waals surface area contributed by atoms with Gasteiger partial charge in [0, 0.05) is 18.7 Å². The fourth-order valence-corrected chi connectivity index (χ4v) is 4.92. The molecule has 3 aromatic rings. The molecule has 1 spiro atoms. The third-order valence-electron chi connectivity index (χ3n) is 6.82. The van der Waals surface area contributed by atoms with Crippen LogP contribution in [0.5, 0.6) is 5.75 Å². The number of piperidine rings is 1. The number of benzene rings is 1. The number of amides is 1. The summed E-state index contributed by atoms with van der Waals surface area (Å²) in [6, 6.07) is 9.85. The van der Waals surface area contributed by atoms with E-state index < -0.39 is 0 Å². The molecule has 1 saturated heterocycles. The molecule has 32 heavy (non-hydrogen) atoms. The van der Waals surface area contributed by atoms with Crippen LogP contribution in [0.3, 0.4) is 0 Å². The number of hydrogen-bond donors (Lipinski definition) is 0. The monoisotopic (exact) mass is 435 g/mol. The number of rotatable bonds is 4. The highest BCUT2D eigenvalue weighted by molar-refractivity contribution is 5.95. The number of carbonyl (C=O) groups is 1. The second kappa shape index (κ2) is 8.13. The van der Waals surface area contributed by atoms with E-state index in [-0.39, 0.29) is 17.6 Å². The summed E-state index contributed by atoms with van der Waals surface area (Å²) in [6.45, 7) is 6.04. The summed E-state index contributed by atoms with van der Waals surface area (Å²) in [4.78, 5) is 19.6. The van der Waals surface area contributed by atoms with Crippen molar-refractivity contribution < 1.29 is 18.7 Å². The van der Waals surface area contributed by atoms with E-state index in [0.717, 1.165) is 48.6 Å². The smallest absolute Gasteiger partial charge is 0.257 e. The Hall–Kier alpha value is -3.06. The van der Waals surface area contributed by atoms with E-state index in [9.17, 15) is 4.79 Å². The highest BCUT2D eigenvalue weighted by Crippen LogP contribution is 2.42. The summed E-state index contributed by atoms with van der Waals surface area (Å²) in [5.74, 6) is 2.53. The quantitative estimate of drug-likeness (QED) is 0.598. The molecule has 1 unspecified atom stereocenters. The third kappa shape index (κ3) is 3.50. The van der Waals surface area contributed by atoms with Crippen LogP contribution in [0.1, 0.15) is 54.2 Å². The number of nitrogens with zero attached hydrogens (tertiary/aromatic N) is 3. The number of furan rings is 1. The van der Waals surface area contributed by atoms with Crippen molar-refractivity contribution in [3.8, 4) is 17.0 Å². The van der Waals surface area contributed by atoms with Gasteiger partial charge in [0.25, 0.3) is 5.91 Å². The molecule has 5 rings (SSSR count). The second-order valence-electron chi connectivity index (χ2n) is 8.70. The number of hydrogen-bond acceptors (Lipinski definition) is 5. The van der Waals surface area contributed by atoms with Crippen LogP contribution in [0, 0.1) is 6.92 Å². The number of ether oxygens (including phenoxy) is 2. The number of aromatic nitrogens is 2. The molecule has 1 amide bonds. The van der Waals surface area contributed by atoms with E-state index in [1.807, 2.05) is 30.2 Å². The van der Waals surface area contributed by atoms with E-state index >= 15 is 0 Å². The minimum absolute atomic E-state index is 0.0381. The van der Waals surface area contributed by atoms with E-state index in [0.29, 0.717) is 24.4 Å². The Kier molecular flexibility index (Phi) is 5.29. The standard InChI is InChI=1S/C25H29N3O4/c1-4-22-23-26-15-21(18-5-7-19(30-3)8-6-18)28(23)16-25(32-22)10-12-27(13-11-25)24(29)20-9-14-31-17(20)2/h5-9,14-15,22H,4,10-13,16H2,1-3H3. The molecule has 2 aliphatic heterocycles. The fraction of sp³-hybridized carbons (Fsp3) is 0.440. The van der Waals surface area contributed by atoms with Gasteiger partial charge >= 0.3 is 0 Å². The molecule has 7 nitrogen and oxygen atoms in total. The van der Waals surface area contributed by atoms with Gasteiger partial charge < -0.3 is 23.4 Å². The van der Waals surface area contributed by atoms with E-state index in [1.165, 1.54) is 0 Å². The summed E-state index contributed by atoms with van der Waals surface area (Å²) in [7, 11) is 1.67. The first-order valence-corrected chi connectivity index (χ1v) is 11.2. The maximum absolute atomic E-state index is 12.9. The molecule has 0 saturated carbocycles. The van der Waals surface area contributed by atoms with Gasteiger partial charge in [-0.2, -0.15) is 0 Å². The van der Waals surface area contributed by atoms with Crippen LogP contribution in [0.15, 0.2) is 47.2 Å². The van der Waals surface area contributed by atoms with Gasteiger partial charge in [0.1, 0.15) is 23.4 Å². The lowest BCUT2D eigenvalue weighted by atomic mass is 9.88. The van der Waals surface area contributed by atoms with Crippen molar-refractivity contribution in [2.45, 2.75) is 51.4 Å². The molecular formula is C25H29N3O4. The summed E-state index contributed by atoms with van der Waals surface area (Å²) in [5, 5.41) is 0. The molecular weight excluding hydrogens is 406 g/mol. The molecule has 2 aliphatic rings. The summed E-state index contributed by atoms with van der Waals surface area (Å²) >= 11 is 0. The van der Waals surface area contributed by atoms with Crippen molar-refractivity contribution in [1.82, 2.24) is 14.5 Å². The zero-order valence-electron chi connectivity index (χ0n) is 18.8. The number of carbonyl (C=O) groups excluding carboxylic acids is 1. The Morgan fingerprint density at radius 2 is 1.97 bits per heavy atom. The van der Waals surface area contributed by atoms with Gasteiger partial charge in [-0.05, 0) is 56.5 Å². The largest absolute Gasteiger partial charge is 0.497 e. The molecule has 1 atom stereocenters. The molecule has 2 aromatic heterocycles. The molecule has 0 radical (unpaired) electrons. The fourth-order valence-electron chi connectivity index (χ4n) is 4.92. The average molecular weight is 436 g/mol. The highest BCUT2D eigenvalue weighted by Gasteiger charge is 2.44. The molecule has 168 valence electrons. The lowest BCUT2D eigenvalue weighted by Gasteiger charge is -2.46.